The SMILES string of the molecule is Cc1cc(C(=O)N2CCC3(CC2)c2ccc(C(F)(F)C(F)(F)F)n2CCN3C)ccc1S(=O)(=O)C(C)C. The van der Waals surface area contributed by atoms with E-state index in [1.165, 1.54) is 18.2 Å². The quantitative estimate of drug-likeness (QED) is 0.521. The highest BCUT2D eigenvalue weighted by Crippen LogP contribution is 2.48. The van der Waals surface area contributed by atoms with Crippen molar-refractivity contribution in [2.24, 2.45) is 0 Å². The number of hydrogen-bond donors (Lipinski definition) is 0. The molecule has 1 amide bonds. The largest absolute Gasteiger partial charge is 0.459 e. The van der Waals surface area contributed by atoms with Crippen LogP contribution >= 0.6 is 0 Å². The molecule has 37 heavy (non-hydrogen) atoms. The molecule has 6 nitrogen and oxygen atoms in total. The van der Waals surface area contributed by atoms with E-state index in [2.05, 4.69) is 0 Å². The molecular weight excluding hydrogens is 517 g/mol. The molecule has 1 spiro atoms. The lowest BCUT2D eigenvalue weighted by atomic mass is 9.81. The van der Waals surface area contributed by atoms with Gasteiger partial charge in [-0.2, -0.15) is 22.0 Å². The van der Waals surface area contributed by atoms with Gasteiger partial charge >= 0.3 is 12.1 Å². The van der Waals surface area contributed by atoms with Gasteiger partial charge < -0.3 is 9.47 Å². The van der Waals surface area contributed by atoms with Gasteiger partial charge in [0.25, 0.3) is 5.91 Å². The van der Waals surface area contributed by atoms with Crippen molar-refractivity contribution in [2.75, 3.05) is 26.7 Å². The maximum atomic E-state index is 14.2. The van der Waals surface area contributed by atoms with Gasteiger partial charge in [0.2, 0.25) is 0 Å². The molecule has 1 aromatic carbocycles. The van der Waals surface area contributed by atoms with Crippen LogP contribution in [-0.2, 0) is 27.8 Å². The van der Waals surface area contributed by atoms with Gasteiger partial charge in [0.05, 0.1) is 21.4 Å². The zero-order valence-electron chi connectivity index (χ0n) is 21.1. The first kappa shape index (κ1) is 27.6. The number of halogens is 5. The molecule has 4 rings (SSSR count). The third kappa shape index (κ3) is 4.35. The molecule has 12 heteroatoms. The van der Waals surface area contributed by atoms with E-state index in [0.29, 0.717) is 36.2 Å². The topological polar surface area (TPSA) is 62.6 Å². The molecule has 0 bridgehead atoms. The predicted molar refractivity (Wildman–Crippen MR) is 127 cm³/mol. The van der Waals surface area contributed by atoms with Crippen LogP contribution in [0.5, 0.6) is 0 Å². The number of carbonyl (C=O) groups excluding carboxylic acids is 1. The number of alkyl halides is 5. The van der Waals surface area contributed by atoms with E-state index < -0.39 is 38.4 Å². The molecule has 0 N–H and O–H groups in total. The molecule has 1 aromatic heterocycles. The number of nitrogens with zero attached hydrogens (tertiary/aromatic N) is 3. The summed E-state index contributed by atoms with van der Waals surface area (Å²) in [7, 11) is -1.69. The number of likely N-dealkylation sites (N-methyl/N-ethyl adjacent to an activating group) is 1. The number of fused-ring (bicyclic) bond motifs is 2. The van der Waals surface area contributed by atoms with Crippen LogP contribution in [0.3, 0.4) is 0 Å². The molecule has 0 unspecified atom stereocenters. The van der Waals surface area contributed by atoms with Crippen molar-refractivity contribution in [1.29, 1.82) is 0 Å². The predicted octanol–water partition coefficient (Wildman–Crippen LogP) is 4.71. The number of aryl methyl sites for hydroxylation is 1. The minimum absolute atomic E-state index is 0.00907. The first-order chi connectivity index (χ1) is 17.0. The third-order valence-electron chi connectivity index (χ3n) is 7.75. The first-order valence-corrected chi connectivity index (χ1v) is 13.6. The zero-order chi connectivity index (χ0) is 27.6. The Balaban J connectivity index is 1.57. The summed E-state index contributed by atoms with van der Waals surface area (Å²) in [5.74, 6) is -5.25. The van der Waals surface area contributed by atoms with E-state index in [1.54, 1.807) is 31.7 Å². The van der Waals surface area contributed by atoms with Crippen molar-refractivity contribution in [3.8, 4) is 0 Å². The summed E-state index contributed by atoms with van der Waals surface area (Å²) in [4.78, 5) is 17.0. The highest BCUT2D eigenvalue weighted by atomic mass is 32.2. The van der Waals surface area contributed by atoms with Crippen molar-refractivity contribution >= 4 is 15.7 Å². The van der Waals surface area contributed by atoms with E-state index in [-0.39, 0.29) is 30.4 Å². The Labute approximate surface area is 213 Å². The number of benzene rings is 1. The van der Waals surface area contributed by atoms with Gasteiger partial charge in [-0.1, -0.05) is 0 Å². The zero-order valence-corrected chi connectivity index (χ0v) is 21.9. The molecule has 1 saturated heterocycles. The lowest BCUT2D eigenvalue weighted by Crippen LogP contribution is -2.57. The lowest BCUT2D eigenvalue weighted by molar-refractivity contribution is -0.292. The molecule has 2 aliphatic heterocycles. The average molecular weight is 548 g/mol. The molecule has 2 aromatic rings. The van der Waals surface area contributed by atoms with Gasteiger partial charge in [0.1, 0.15) is 0 Å². The summed E-state index contributed by atoms with van der Waals surface area (Å²) < 4.78 is 93.9. The first-order valence-electron chi connectivity index (χ1n) is 12.0. The van der Waals surface area contributed by atoms with Crippen LogP contribution in [0.15, 0.2) is 35.2 Å². The Morgan fingerprint density at radius 2 is 1.59 bits per heavy atom. The number of rotatable bonds is 4. The molecule has 0 aliphatic carbocycles. The fraction of sp³-hybridized carbons (Fsp3) is 0.560. The molecular formula is C25H30F5N3O3S. The fourth-order valence-corrected chi connectivity index (χ4v) is 6.72. The molecule has 1 fully saturated rings. The Hall–Kier alpha value is -2.47. The second-order valence-electron chi connectivity index (χ2n) is 10.1. The number of aromatic nitrogens is 1. The summed E-state index contributed by atoms with van der Waals surface area (Å²) >= 11 is 0. The Morgan fingerprint density at radius 1 is 0.973 bits per heavy atom. The van der Waals surface area contributed by atoms with Gasteiger partial charge in [-0.3, -0.25) is 9.69 Å². The van der Waals surface area contributed by atoms with Gasteiger partial charge in [-0.15, -0.1) is 0 Å². The standard InChI is InChI=1S/C25H30F5N3O3S/c1-16(2)37(35,36)19-6-5-18(15-17(19)3)22(34)32-11-9-23(10-12-32)20-7-8-21(24(26,27)25(28,29)30)33(20)14-13-31(23)4/h5-8,15-16H,9-14H2,1-4H3. The van der Waals surface area contributed by atoms with Crippen LogP contribution in [0.2, 0.25) is 0 Å². The molecule has 204 valence electrons. The molecule has 2 aliphatic rings. The minimum Gasteiger partial charge on any atom is -0.340 e. The highest BCUT2D eigenvalue weighted by Gasteiger charge is 2.61. The van der Waals surface area contributed by atoms with E-state index in [9.17, 15) is 35.2 Å². The van der Waals surface area contributed by atoms with Crippen LogP contribution < -0.4 is 0 Å². The summed E-state index contributed by atoms with van der Waals surface area (Å²) in [6.07, 6.45) is -4.99. The number of likely N-dealkylation sites (tertiary alicyclic amines) is 1. The van der Waals surface area contributed by atoms with Gasteiger partial charge in [0, 0.05) is 37.4 Å². The number of piperidine rings is 1. The van der Waals surface area contributed by atoms with Gasteiger partial charge in [0.15, 0.2) is 9.84 Å². The fourth-order valence-electron chi connectivity index (χ4n) is 5.45. The summed E-state index contributed by atoms with van der Waals surface area (Å²) in [6.45, 7) is 5.65. The maximum absolute atomic E-state index is 14.2. The van der Waals surface area contributed by atoms with Crippen LogP contribution in [0.4, 0.5) is 22.0 Å². The Kier molecular flexibility index (Phi) is 6.76. The van der Waals surface area contributed by atoms with E-state index in [4.69, 9.17) is 0 Å². The Bertz CT molecular complexity index is 1310. The summed E-state index contributed by atoms with van der Waals surface area (Å²) in [6, 6.07) is 6.67. The average Bonchev–Trinajstić information content (AvgIpc) is 3.26. The summed E-state index contributed by atoms with van der Waals surface area (Å²) in [5, 5.41) is -0.603. The normalized spacial score (nSPS) is 18.9. The van der Waals surface area contributed by atoms with Gasteiger partial charge in [-0.05, 0) is 76.6 Å². The van der Waals surface area contributed by atoms with E-state index in [1.807, 2.05) is 11.9 Å². The van der Waals surface area contributed by atoms with Crippen molar-refractivity contribution < 1.29 is 35.2 Å². The van der Waals surface area contributed by atoms with Crippen LogP contribution in [0.1, 0.15) is 54.0 Å². The molecule has 0 saturated carbocycles. The number of carbonyl (C=O) groups is 1. The lowest BCUT2D eigenvalue weighted by Gasteiger charge is -2.50. The monoisotopic (exact) mass is 547 g/mol. The van der Waals surface area contributed by atoms with Crippen LogP contribution in [0.25, 0.3) is 0 Å². The smallest absolute Gasteiger partial charge is 0.340 e. The maximum Gasteiger partial charge on any atom is 0.459 e. The number of amides is 1. The van der Waals surface area contributed by atoms with E-state index >= 15 is 0 Å². The van der Waals surface area contributed by atoms with Gasteiger partial charge in [-0.25, -0.2) is 8.42 Å². The second kappa shape index (κ2) is 9.07. The minimum atomic E-state index is -5.70. The second-order valence-corrected chi connectivity index (χ2v) is 12.6. The molecule has 0 atom stereocenters. The Morgan fingerprint density at radius 3 is 2.14 bits per heavy atom. The van der Waals surface area contributed by atoms with Crippen molar-refractivity contribution in [3.63, 3.8) is 0 Å². The molecule has 3 heterocycles. The van der Waals surface area contributed by atoms with Crippen LogP contribution in [-0.4, -0.2) is 66.8 Å². The van der Waals surface area contributed by atoms with Crippen molar-refractivity contribution in [2.45, 2.75) is 67.9 Å². The third-order valence-corrected chi connectivity index (χ3v) is 10.1. The number of sulfone groups is 1. The highest BCUT2D eigenvalue weighted by molar-refractivity contribution is 7.92. The van der Waals surface area contributed by atoms with E-state index in [0.717, 1.165) is 10.6 Å². The van der Waals surface area contributed by atoms with Crippen LogP contribution in [0, 0.1) is 6.92 Å². The number of hydrogen-bond acceptors (Lipinski definition) is 4. The summed E-state index contributed by atoms with van der Waals surface area (Å²) in [5.41, 5.74) is -0.640. The van der Waals surface area contributed by atoms with Crippen molar-refractivity contribution in [3.05, 3.63) is 52.8 Å². The van der Waals surface area contributed by atoms with Crippen molar-refractivity contribution in [1.82, 2.24) is 14.4 Å². The molecule has 0 radical (unpaired) electrons.